The zero-order valence-corrected chi connectivity index (χ0v) is 20.4. The molecule has 0 aliphatic heterocycles. The molecule has 3 aromatic rings. The average molecular weight is 446 g/mol. The minimum absolute atomic E-state index is 0. The minimum Gasteiger partial charge on any atom is -0.309 e. The largest absolute Gasteiger partial charge is 0.309 e. The Bertz CT molecular complexity index is 1030. The maximum atomic E-state index is 13.3. The summed E-state index contributed by atoms with van der Waals surface area (Å²) in [4.78, 5) is 22.2. The predicted octanol–water partition coefficient (Wildman–Crippen LogP) is 5.48. The van der Waals surface area contributed by atoms with Crippen LogP contribution < -0.4 is 4.90 Å². The lowest BCUT2D eigenvalue weighted by Crippen LogP contribution is -2.34. The summed E-state index contributed by atoms with van der Waals surface area (Å²) < 4.78 is 1.15. The highest BCUT2D eigenvalue weighted by Crippen LogP contribution is 2.32. The second-order valence-corrected chi connectivity index (χ2v) is 9.23. The first kappa shape index (κ1) is 24.3. The van der Waals surface area contributed by atoms with Gasteiger partial charge in [0.2, 0.25) is 5.91 Å². The Kier molecular flexibility index (Phi) is 8.42. The summed E-state index contributed by atoms with van der Waals surface area (Å²) in [5.41, 5.74) is 6.93. The first-order valence-corrected chi connectivity index (χ1v) is 11.0. The standard InChI is InChI=1S/C24H31N3OS.ClH/c1-16-12-19(4)23-21(13-16)29-24(25-23)27(11-7-10-26(5)6)22(28)15-20-9-8-17(2)18(3)14-20;/h8-9,12-14H,7,10-11,15H2,1-6H3;1H. The molecule has 6 heteroatoms. The van der Waals surface area contributed by atoms with Gasteiger partial charge in [0, 0.05) is 6.54 Å². The van der Waals surface area contributed by atoms with Gasteiger partial charge in [-0.05, 0) is 88.6 Å². The Labute approximate surface area is 190 Å². The SMILES string of the molecule is Cc1cc(C)c2nc(N(CCCN(C)C)C(=O)Cc3ccc(C)c(C)c3)sc2c1.Cl. The van der Waals surface area contributed by atoms with Gasteiger partial charge in [0.25, 0.3) is 0 Å². The number of benzene rings is 2. The fourth-order valence-electron chi connectivity index (χ4n) is 3.53. The highest BCUT2D eigenvalue weighted by molar-refractivity contribution is 7.22. The number of halogens is 1. The van der Waals surface area contributed by atoms with Crippen LogP contribution in [0.4, 0.5) is 5.13 Å². The van der Waals surface area contributed by atoms with Crippen molar-refractivity contribution < 1.29 is 4.79 Å². The number of amides is 1. The minimum atomic E-state index is 0. The van der Waals surface area contributed by atoms with Gasteiger partial charge in [0.15, 0.2) is 5.13 Å². The van der Waals surface area contributed by atoms with Crippen LogP contribution in [0.3, 0.4) is 0 Å². The van der Waals surface area contributed by atoms with E-state index in [1.54, 1.807) is 11.3 Å². The maximum Gasteiger partial charge on any atom is 0.233 e. The quantitative estimate of drug-likeness (QED) is 0.483. The van der Waals surface area contributed by atoms with E-state index in [4.69, 9.17) is 4.98 Å². The van der Waals surface area contributed by atoms with E-state index >= 15 is 0 Å². The maximum absolute atomic E-state index is 13.3. The highest BCUT2D eigenvalue weighted by atomic mass is 35.5. The monoisotopic (exact) mass is 445 g/mol. The van der Waals surface area contributed by atoms with E-state index in [2.05, 4.69) is 77.0 Å². The fraction of sp³-hybridized carbons (Fsp3) is 0.417. The summed E-state index contributed by atoms with van der Waals surface area (Å²) in [5, 5.41) is 0.807. The van der Waals surface area contributed by atoms with Gasteiger partial charge < -0.3 is 4.90 Å². The fourth-order valence-corrected chi connectivity index (χ4v) is 4.71. The van der Waals surface area contributed by atoms with E-state index in [-0.39, 0.29) is 18.3 Å². The normalized spacial score (nSPS) is 11.0. The number of aromatic nitrogens is 1. The molecule has 4 nitrogen and oxygen atoms in total. The number of thiazole rings is 1. The number of hydrogen-bond acceptors (Lipinski definition) is 4. The van der Waals surface area contributed by atoms with Crippen LogP contribution in [0.1, 0.15) is 34.2 Å². The van der Waals surface area contributed by atoms with Crippen LogP contribution in [0, 0.1) is 27.7 Å². The average Bonchev–Trinajstić information content (AvgIpc) is 3.05. The van der Waals surface area contributed by atoms with E-state index in [1.165, 1.54) is 16.7 Å². The second kappa shape index (κ2) is 10.4. The number of carbonyl (C=O) groups is 1. The van der Waals surface area contributed by atoms with Crippen LogP contribution >= 0.6 is 23.7 Å². The van der Waals surface area contributed by atoms with Gasteiger partial charge in [0.1, 0.15) is 0 Å². The molecule has 1 aromatic heterocycles. The molecule has 0 saturated carbocycles. The lowest BCUT2D eigenvalue weighted by atomic mass is 10.0. The summed E-state index contributed by atoms with van der Waals surface area (Å²) in [7, 11) is 4.12. The highest BCUT2D eigenvalue weighted by Gasteiger charge is 2.21. The topological polar surface area (TPSA) is 36.4 Å². The summed E-state index contributed by atoms with van der Waals surface area (Å²) >= 11 is 1.62. The molecule has 2 aromatic carbocycles. The molecule has 30 heavy (non-hydrogen) atoms. The van der Waals surface area contributed by atoms with Crippen molar-refractivity contribution in [1.82, 2.24) is 9.88 Å². The van der Waals surface area contributed by atoms with E-state index in [0.29, 0.717) is 13.0 Å². The molecule has 0 aliphatic rings. The molecule has 0 unspecified atom stereocenters. The summed E-state index contributed by atoms with van der Waals surface area (Å²) in [6, 6.07) is 10.6. The van der Waals surface area contributed by atoms with Crippen molar-refractivity contribution >= 4 is 45.0 Å². The van der Waals surface area contributed by atoms with Gasteiger partial charge in [-0.25, -0.2) is 4.98 Å². The number of fused-ring (bicyclic) bond motifs is 1. The molecule has 1 heterocycles. The Balaban J connectivity index is 0.00000320. The van der Waals surface area contributed by atoms with Crippen molar-refractivity contribution in [1.29, 1.82) is 0 Å². The Morgan fingerprint density at radius 3 is 2.37 bits per heavy atom. The smallest absolute Gasteiger partial charge is 0.233 e. The third-order valence-corrected chi connectivity index (χ3v) is 6.29. The van der Waals surface area contributed by atoms with E-state index in [9.17, 15) is 4.79 Å². The van der Waals surface area contributed by atoms with Crippen LogP contribution in [0.15, 0.2) is 30.3 Å². The van der Waals surface area contributed by atoms with Gasteiger partial charge in [-0.3, -0.25) is 9.69 Å². The molecule has 0 radical (unpaired) electrons. The molecule has 0 bridgehead atoms. The van der Waals surface area contributed by atoms with Crippen molar-refractivity contribution in [3.63, 3.8) is 0 Å². The number of aryl methyl sites for hydroxylation is 4. The lowest BCUT2D eigenvalue weighted by molar-refractivity contribution is -0.118. The third-order valence-electron chi connectivity index (χ3n) is 5.26. The number of nitrogens with zero attached hydrogens (tertiary/aromatic N) is 3. The first-order chi connectivity index (χ1) is 13.7. The molecule has 0 spiro atoms. The molecule has 0 N–H and O–H groups in total. The molecular weight excluding hydrogens is 414 g/mol. The second-order valence-electron chi connectivity index (χ2n) is 8.22. The predicted molar refractivity (Wildman–Crippen MR) is 131 cm³/mol. The van der Waals surface area contributed by atoms with Crippen molar-refractivity contribution in [2.75, 3.05) is 32.1 Å². The molecule has 1 amide bonds. The van der Waals surface area contributed by atoms with Crippen LogP contribution in [0.5, 0.6) is 0 Å². The van der Waals surface area contributed by atoms with Gasteiger partial charge in [-0.2, -0.15) is 0 Å². The van der Waals surface area contributed by atoms with Crippen molar-refractivity contribution in [3.05, 3.63) is 58.1 Å². The van der Waals surface area contributed by atoms with Gasteiger partial charge in [-0.1, -0.05) is 35.6 Å². The van der Waals surface area contributed by atoms with Gasteiger partial charge in [0.05, 0.1) is 16.6 Å². The van der Waals surface area contributed by atoms with E-state index < -0.39 is 0 Å². The Morgan fingerprint density at radius 1 is 0.967 bits per heavy atom. The molecule has 0 fully saturated rings. The van der Waals surface area contributed by atoms with Crippen LogP contribution in [-0.2, 0) is 11.2 Å². The Hall–Kier alpha value is -1.95. The van der Waals surface area contributed by atoms with Crippen LogP contribution in [-0.4, -0.2) is 43.0 Å². The van der Waals surface area contributed by atoms with Crippen molar-refractivity contribution in [2.24, 2.45) is 0 Å². The molecule has 0 aliphatic carbocycles. The van der Waals surface area contributed by atoms with Gasteiger partial charge in [-0.15, -0.1) is 12.4 Å². The van der Waals surface area contributed by atoms with E-state index in [1.807, 2.05) is 4.90 Å². The van der Waals surface area contributed by atoms with Crippen molar-refractivity contribution in [3.8, 4) is 0 Å². The number of carbonyl (C=O) groups excluding carboxylic acids is 1. The Morgan fingerprint density at radius 2 is 1.70 bits per heavy atom. The zero-order valence-electron chi connectivity index (χ0n) is 18.8. The van der Waals surface area contributed by atoms with Crippen LogP contribution in [0.2, 0.25) is 0 Å². The summed E-state index contributed by atoms with van der Waals surface area (Å²) in [5.74, 6) is 0.112. The number of anilines is 1. The summed E-state index contributed by atoms with van der Waals surface area (Å²) in [6.07, 6.45) is 1.32. The van der Waals surface area contributed by atoms with Gasteiger partial charge >= 0.3 is 0 Å². The molecule has 3 rings (SSSR count). The van der Waals surface area contributed by atoms with E-state index in [0.717, 1.165) is 39.4 Å². The number of hydrogen-bond donors (Lipinski definition) is 0. The summed E-state index contributed by atoms with van der Waals surface area (Å²) in [6.45, 7) is 10.0. The van der Waals surface area contributed by atoms with Crippen LogP contribution in [0.25, 0.3) is 10.2 Å². The number of rotatable bonds is 7. The third kappa shape index (κ3) is 5.81. The lowest BCUT2D eigenvalue weighted by Gasteiger charge is -2.21. The first-order valence-electron chi connectivity index (χ1n) is 10.1. The molecule has 0 saturated heterocycles. The van der Waals surface area contributed by atoms with Crippen molar-refractivity contribution in [2.45, 2.75) is 40.5 Å². The zero-order chi connectivity index (χ0) is 21.1. The molecule has 0 atom stereocenters. The molecular formula is C24H32ClN3OS. The molecule has 162 valence electrons.